The van der Waals surface area contributed by atoms with Crippen LogP contribution in [0.4, 0.5) is 0 Å². The second-order valence-electron chi connectivity index (χ2n) is 3.66. The Morgan fingerprint density at radius 3 is 2.33 bits per heavy atom. The summed E-state index contributed by atoms with van der Waals surface area (Å²) in [5, 5.41) is 8.81. The molecule has 0 aliphatic rings. The van der Waals surface area contributed by atoms with E-state index in [0.29, 0.717) is 12.7 Å². The molecule has 0 bridgehead atoms. The molecule has 0 heterocycles. The number of para-hydroxylation sites is 1. The molecule has 6 heteroatoms. The summed E-state index contributed by atoms with van der Waals surface area (Å²) in [5.74, 6) is 0.901. The van der Waals surface area contributed by atoms with Crippen molar-refractivity contribution in [1.82, 2.24) is 0 Å². The second-order valence-corrected chi connectivity index (χ2v) is 5.13. The Kier molecular flexibility index (Phi) is 8.36. The molecule has 0 radical (unpaired) electrons. The maximum atomic E-state index is 9.19. The Hall–Kier alpha value is -1.11. The van der Waals surface area contributed by atoms with Gasteiger partial charge in [-0.2, -0.15) is 8.42 Å². The fourth-order valence-corrected chi connectivity index (χ4v) is 1.18. The van der Waals surface area contributed by atoms with Gasteiger partial charge in [-0.15, -0.1) is 0 Å². The molecule has 0 fully saturated rings. The first-order chi connectivity index (χ1) is 8.38. The van der Waals surface area contributed by atoms with Gasteiger partial charge in [-0.1, -0.05) is 25.1 Å². The van der Waals surface area contributed by atoms with E-state index < -0.39 is 10.1 Å². The highest BCUT2D eigenvalue weighted by atomic mass is 32.2. The first kappa shape index (κ1) is 16.9. The smallest absolute Gasteiger partial charge is 0.261 e. The summed E-state index contributed by atoms with van der Waals surface area (Å²) in [5.41, 5.74) is 1.08. The van der Waals surface area contributed by atoms with Crippen LogP contribution in [-0.4, -0.2) is 37.5 Å². The van der Waals surface area contributed by atoms with Crippen LogP contribution in [0.2, 0.25) is 0 Å². The van der Waals surface area contributed by atoms with Crippen molar-refractivity contribution in [2.75, 3.05) is 19.5 Å². The van der Waals surface area contributed by atoms with Gasteiger partial charge in [-0.25, -0.2) is 0 Å². The molecule has 18 heavy (non-hydrogen) atoms. The lowest BCUT2D eigenvalue weighted by molar-refractivity contribution is 0.288. The van der Waals surface area contributed by atoms with Gasteiger partial charge in [0.15, 0.2) is 0 Å². The minimum Gasteiger partial charge on any atom is -0.493 e. The maximum Gasteiger partial charge on any atom is 0.261 e. The predicted octanol–water partition coefficient (Wildman–Crippen LogP) is 1.51. The summed E-state index contributed by atoms with van der Waals surface area (Å²) >= 11 is 0. The van der Waals surface area contributed by atoms with Gasteiger partial charge < -0.3 is 9.84 Å². The average molecular weight is 276 g/mol. The van der Waals surface area contributed by atoms with Crippen LogP contribution in [0.25, 0.3) is 0 Å². The van der Waals surface area contributed by atoms with E-state index in [1.165, 1.54) is 0 Å². The van der Waals surface area contributed by atoms with Crippen molar-refractivity contribution in [1.29, 1.82) is 0 Å². The zero-order chi connectivity index (χ0) is 14.0. The van der Waals surface area contributed by atoms with Gasteiger partial charge >= 0.3 is 0 Å². The molecular weight excluding hydrogens is 256 g/mol. The van der Waals surface area contributed by atoms with Crippen molar-refractivity contribution in [3.05, 3.63) is 29.8 Å². The van der Waals surface area contributed by atoms with Gasteiger partial charge in [0.2, 0.25) is 0 Å². The highest BCUT2D eigenvalue weighted by Gasteiger charge is 2.00. The van der Waals surface area contributed by atoms with Crippen molar-refractivity contribution in [3.8, 4) is 5.75 Å². The van der Waals surface area contributed by atoms with Crippen LogP contribution in [0.5, 0.6) is 5.75 Å². The van der Waals surface area contributed by atoms with Crippen LogP contribution in [0.3, 0.4) is 0 Å². The zero-order valence-corrected chi connectivity index (χ0v) is 11.5. The molecule has 5 nitrogen and oxygen atoms in total. The number of benzene rings is 1. The summed E-state index contributed by atoms with van der Waals surface area (Å²) < 4.78 is 31.4. The SMILES string of the molecule is CCCOc1ccccc1CCO.CS(=O)(=O)O. The number of ether oxygens (including phenoxy) is 1. The fourth-order valence-electron chi connectivity index (χ4n) is 1.18. The lowest BCUT2D eigenvalue weighted by Gasteiger charge is -2.09. The molecule has 0 unspecified atom stereocenters. The zero-order valence-electron chi connectivity index (χ0n) is 10.7. The summed E-state index contributed by atoms with van der Waals surface area (Å²) in [4.78, 5) is 0. The number of aliphatic hydroxyl groups is 1. The van der Waals surface area contributed by atoms with Crippen molar-refractivity contribution in [2.45, 2.75) is 19.8 Å². The molecule has 0 atom stereocenters. The molecule has 0 aliphatic carbocycles. The standard InChI is InChI=1S/C11H16O2.CH4O3S/c1-2-9-13-11-6-4-3-5-10(11)7-8-12;1-5(2,3)4/h3-6,12H,2,7-9H2,1H3;1H3,(H,2,3,4). The van der Waals surface area contributed by atoms with Gasteiger partial charge in [-0.3, -0.25) is 4.55 Å². The highest BCUT2D eigenvalue weighted by Crippen LogP contribution is 2.18. The minimum atomic E-state index is -3.67. The first-order valence-electron chi connectivity index (χ1n) is 5.62. The fraction of sp³-hybridized carbons (Fsp3) is 0.500. The van der Waals surface area contributed by atoms with Crippen molar-refractivity contribution in [3.63, 3.8) is 0 Å². The number of rotatable bonds is 5. The van der Waals surface area contributed by atoms with Gasteiger partial charge in [0, 0.05) is 6.61 Å². The second kappa shape index (κ2) is 8.91. The van der Waals surface area contributed by atoms with Crippen LogP contribution < -0.4 is 4.74 Å². The van der Waals surface area contributed by atoms with E-state index >= 15 is 0 Å². The van der Waals surface area contributed by atoms with Crippen LogP contribution in [-0.2, 0) is 16.5 Å². The van der Waals surface area contributed by atoms with Crippen LogP contribution >= 0.6 is 0 Å². The molecule has 0 aliphatic heterocycles. The van der Waals surface area contributed by atoms with E-state index in [-0.39, 0.29) is 6.61 Å². The van der Waals surface area contributed by atoms with Crippen molar-refractivity contribution in [2.24, 2.45) is 0 Å². The van der Waals surface area contributed by atoms with Crippen LogP contribution in [0, 0.1) is 0 Å². The van der Waals surface area contributed by atoms with Gasteiger partial charge in [0.25, 0.3) is 10.1 Å². The number of hydrogen-bond acceptors (Lipinski definition) is 4. The van der Waals surface area contributed by atoms with Crippen molar-refractivity contribution < 1.29 is 22.8 Å². The average Bonchev–Trinajstić information content (AvgIpc) is 2.26. The minimum absolute atomic E-state index is 0.173. The molecule has 104 valence electrons. The lowest BCUT2D eigenvalue weighted by Crippen LogP contribution is -2.00. The monoisotopic (exact) mass is 276 g/mol. The predicted molar refractivity (Wildman–Crippen MR) is 70.5 cm³/mol. The topological polar surface area (TPSA) is 83.8 Å². The van der Waals surface area contributed by atoms with Gasteiger partial charge in [0.05, 0.1) is 12.9 Å². The summed E-state index contributed by atoms with van der Waals surface area (Å²) in [6.45, 7) is 2.99. The summed E-state index contributed by atoms with van der Waals surface area (Å²) in [7, 11) is -3.67. The first-order valence-corrected chi connectivity index (χ1v) is 7.47. The Bertz CT molecular complexity index is 420. The Balaban J connectivity index is 0.000000494. The van der Waals surface area contributed by atoms with E-state index in [1.54, 1.807) is 0 Å². The molecule has 1 aromatic rings. The molecule has 0 amide bonds. The number of hydrogen-bond donors (Lipinski definition) is 2. The molecule has 2 N–H and O–H groups in total. The molecule has 0 aromatic heterocycles. The lowest BCUT2D eigenvalue weighted by atomic mass is 10.1. The molecule has 1 rings (SSSR count). The van der Waals surface area contributed by atoms with Crippen LogP contribution in [0.15, 0.2) is 24.3 Å². The summed E-state index contributed by atoms with van der Waals surface area (Å²) in [6, 6.07) is 7.84. The van der Waals surface area contributed by atoms with E-state index in [9.17, 15) is 8.42 Å². The van der Waals surface area contributed by atoms with E-state index in [1.807, 2.05) is 24.3 Å². The quantitative estimate of drug-likeness (QED) is 0.796. The Labute approximate surface area is 108 Å². The van der Waals surface area contributed by atoms with Gasteiger partial charge in [-0.05, 0) is 24.5 Å². The maximum absolute atomic E-state index is 9.19. The van der Waals surface area contributed by atoms with E-state index in [4.69, 9.17) is 14.4 Å². The van der Waals surface area contributed by atoms with Gasteiger partial charge in [0.1, 0.15) is 5.75 Å². The largest absolute Gasteiger partial charge is 0.493 e. The number of aliphatic hydroxyl groups excluding tert-OH is 1. The van der Waals surface area contributed by atoms with E-state index in [0.717, 1.165) is 24.3 Å². The molecule has 0 saturated heterocycles. The third kappa shape index (κ3) is 10.1. The normalized spacial score (nSPS) is 10.4. The third-order valence-electron chi connectivity index (χ3n) is 1.82. The summed E-state index contributed by atoms with van der Waals surface area (Å²) in [6.07, 6.45) is 2.39. The Morgan fingerprint density at radius 1 is 1.28 bits per heavy atom. The molecule has 0 spiro atoms. The van der Waals surface area contributed by atoms with Crippen LogP contribution in [0.1, 0.15) is 18.9 Å². The van der Waals surface area contributed by atoms with E-state index in [2.05, 4.69) is 6.92 Å². The molecular formula is C12H20O5S. The molecule has 1 aromatic carbocycles. The Morgan fingerprint density at radius 2 is 1.83 bits per heavy atom. The van der Waals surface area contributed by atoms with Crippen molar-refractivity contribution >= 4 is 10.1 Å². The highest BCUT2D eigenvalue weighted by molar-refractivity contribution is 7.85. The molecule has 0 saturated carbocycles. The third-order valence-corrected chi connectivity index (χ3v) is 1.82.